The maximum atomic E-state index is 13.8. The molecular weight excluding hydrogens is 608 g/mol. The molecule has 0 radical (unpaired) electrons. The number of esters is 1. The number of aryl methyl sites for hydroxylation is 1. The molecule has 4 rings (SSSR count). The third kappa shape index (κ3) is 10.3. The van der Waals surface area contributed by atoms with Crippen molar-refractivity contribution in [3.63, 3.8) is 0 Å². The summed E-state index contributed by atoms with van der Waals surface area (Å²) in [5, 5.41) is 15.6. The number of carbonyl (C=O) groups is 3. The number of carbonyl (C=O) groups excluding carboxylic acids is 3. The Kier molecular flexibility index (Phi) is 12.5. The van der Waals surface area contributed by atoms with Gasteiger partial charge in [-0.1, -0.05) is 48.5 Å². The van der Waals surface area contributed by atoms with Crippen molar-refractivity contribution in [3.05, 3.63) is 90.1 Å². The summed E-state index contributed by atoms with van der Waals surface area (Å²) in [6.45, 7) is 2.74. The van der Waals surface area contributed by atoms with Gasteiger partial charge in [0.05, 0.1) is 18.3 Å². The fraction of sp³-hybridized carbons (Fsp3) is 0.412. The van der Waals surface area contributed by atoms with Crippen LogP contribution >= 0.6 is 0 Å². The molecule has 11 nitrogen and oxygen atoms in total. The Hall–Kier alpha value is -4.45. The first-order valence-electron chi connectivity index (χ1n) is 15.6. The molecule has 1 aliphatic heterocycles. The Bertz CT molecular complexity index is 1530. The van der Waals surface area contributed by atoms with Crippen LogP contribution in [-0.2, 0) is 37.0 Å². The van der Waals surface area contributed by atoms with Gasteiger partial charge in [0.2, 0.25) is 5.91 Å². The Morgan fingerprint density at radius 2 is 1.63 bits per heavy atom. The van der Waals surface area contributed by atoms with Crippen molar-refractivity contribution >= 4 is 27.7 Å². The molecule has 0 bridgehead atoms. The molecule has 2 aromatic carbocycles. The number of nitrogens with one attached hydrogen (secondary N) is 2. The number of rotatable bonds is 14. The van der Waals surface area contributed by atoms with Gasteiger partial charge in [-0.15, -0.1) is 0 Å². The van der Waals surface area contributed by atoms with E-state index in [9.17, 15) is 27.9 Å². The molecule has 246 valence electrons. The van der Waals surface area contributed by atoms with Crippen LogP contribution in [0.2, 0.25) is 0 Å². The van der Waals surface area contributed by atoms with E-state index in [2.05, 4.69) is 15.6 Å². The number of hydrogen-bond acceptors (Lipinski definition) is 8. The van der Waals surface area contributed by atoms with E-state index in [1.54, 1.807) is 36.1 Å². The largest absolute Gasteiger partial charge is 0.508 e. The van der Waals surface area contributed by atoms with Crippen LogP contribution in [0.15, 0.2) is 84.0 Å². The van der Waals surface area contributed by atoms with Crippen LogP contribution in [0.4, 0.5) is 4.79 Å². The number of amides is 3. The molecule has 1 saturated heterocycles. The molecule has 3 N–H and O–H groups in total. The van der Waals surface area contributed by atoms with Crippen molar-refractivity contribution in [1.82, 2.24) is 20.5 Å². The topological polar surface area (TPSA) is 155 Å². The number of phenols is 1. The lowest BCUT2D eigenvalue weighted by Gasteiger charge is -2.32. The number of benzene rings is 2. The number of sulfone groups is 1. The maximum absolute atomic E-state index is 13.8. The van der Waals surface area contributed by atoms with Crippen LogP contribution in [-0.4, -0.2) is 78.8 Å². The third-order valence-electron chi connectivity index (χ3n) is 8.05. The van der Waals surface area contributed by atoms with Crippen LogP contribution in [0.5, 0.6) is 5.75 Å². The zero-order valence-electron chi connectivity index (χ0n) is 26.0. The van der Waals surface area contributed by atoms with Gasteiger partial charge >= 0.3 is 12.0 Å². The van der Waals surface area contributed by atoms with Crippen molar-refractivity contribution in [2.45, 2.75) is 62.6 Å². The third-order valence-corrected chi connectivity index (χ3v) is 9.71. The highest BCUT2D eigenvalue weighted by Crippen LogP contribution is 2.20. The lowest BCUT2D eigenvalue weighted by Crippen LogP contribution is -2.55. The van der Waals surface area contributed by atoms with Crippen LogP contribution in [0.3, 0.4) is 0 Å². The van der Waals surface area contributed by atoms with Crippen LogP contribution < -0.4 is 10.6 Å². The first-order chi connectivity index (χ1) is 22.1. The van der Waals surface area contributed by atoms with Crippen molar-refractivity contribution in [3.8, 4) is 5.75 Å². The van der Waals surface area contributed by atoms with E-state index in [1.807, 2.05) is 30.3 Å². The molecule has 3 amide bonds. The Labute approximate surface area is 270 Å². The average Bonchev–Trinajstić information content (AvgIpc) is 3.07. The number of hydrogen-bond donors (Lipinski definition) is 3. The van der Waals surface area contributed by atoms with Crippen LogP contribution in [0.25, 0.3) is 0 Å². The van der Waals surface area contributed by atoms with E-state index >= 15 is 0 Å². The summed E-state index contributed by atoms with van der Waals surface area (Å²) >= 11 is 0. The summed E-state index contributed by atoms with van der Waals surface area (Å²) in [6.07, 6.45) is 3.75. The molecule has 46 heavy (non-hydrogen) atoms. The number of aromatic nitrogens is 1. The van der Waals surface area contributed by atoms with Gasteiger partial charge in [-0.2, -0.15) is 0 Å². The van der Waals surface area contributed by atoms with Crippen molar-refractivity contribution in [2.24, 2.45) is 5.92 Å². The molecule has 12 heteroatoms. The summed E-state index contributed by atoms with van der Waals surface area (Å²) in [7, 11) is -3.69. The van der Waals surface area contributed by atoms with Gasteiger partial charge in [0.25, 0.3) is 0 Å². The van der Waals surface area contributed by atoms with Crippen molar-refractivity contribution in [1.29, 1.82) is 0 Å². The Balaban J connectivity index is 1.48. The minimum absolute atomic E-state index is 0.0210. The minimum atomic E-state index is -3.69. The summed E-state index contributed by atoms with van der Waals surface area (Å²) in [6, 6.07) is 18.9. The van der Waals surface area contributed by atoms with E-state index < -0.39 is 33.9 Å². The van der Waals surface area contributed by atoms with Gasteiger partial charge in [-0.3, -0.25) is 9.59 Å². The summed E-state index contributed by atoms with van der Waals surface area (Å²) < 4.78 is 31.2. The van der Waals surface area contributed by atoms with E-state index in [1.165, 1.54) is 24.4 Å². The summed E-state index contributed by atoms with van der Waals surface area (Å²) in [5.41, 5.74) is 1.77. The predicted octanol–water partition coefficient (Wildman–Crippen LogP) is 3.66. The predicted molar refractivity (Wildman–Crippen MR) is 173 cm³/mol. The Morgan fingerprint density at radius 1 is 0.935 bits per heavy atom. The van der Waals surface area contributed by atoms with Gasteiger partial charge in [0.1, 0.15) is 11.8 Å². The number of nitrogens with zero attached hydrogens (tertiary/aromatic N) is 2. The van der Waals surface area contributed by atoms with Gasteiger partial charge in [-0.25, -0.2) is 18.2 Å². The lowest BCUT2D eigenvalue weighted by atomic mass is 9.97. The van der Waals surface area contributed by atoms with Crippen molar-refractivity contribution < 1.29 is 32.6 Å². The van der Waals surface area contributed by atoms with Gasteiger partial charge in [0, 0.05) is 31.7 Å². The van der Waals surface area contributed by atoms with Crippen molar-refractivity contribution in [2.75, 3.05) is 25.4 Å². The lowest BCUT2D eigenvalue weighted by molar-refractivity contribution is -0.149. The Morgan fingerprint density at radius 3 is 2.28 bits per heavy atom. The zero-order valence-corrected chi connectivity index (χ0v) is 26.8. The second kappa shape index (κ2) is 16.7. The molecule has 3 aromatic rings. The fourth-order valence-corrected chi connectivity index (χ4v) is 6.72. The van der Waals surface area contributed by atoms with E-state index in [0.717, 1.165) is 11.1 Å². The number of piperidine rings is 1. The van der Waals surface area contributed by atoms with Crippen LogP contribution in [0.1, 0.15) is 43.7 Å². The van der Waals surface area contributed by atoms with Gasteiger partial charge < -0.3 is 25.4 Å². The molecule has 2 atom stereocenters. The average molecular weight is 651 g/mol. The van der Waals surface area contributed by atoms with Gasteiger partial charge in [0.15, 0.2) is 14.9 Å². The number of likely N-dealkylation sites (tertiary alicyclic amines) is 1. The number of urea groups is 1. The summed E-state index contributed by atoms with van der Waals surface area (Å²) in [5.74, 6) is -1.12. The highest BCUT2D eigenvalue weighted by Gasteiger charge is 2.31. The normalized spacial score (nSPS) is 15.0. The first-order valence-corrected chi connectivity index (χ1v) is 17.3. The minimum Gasteiger partial charge on any atom is -0.508 e. The van der Waals surface area contributed by atoms with E-state index in [4.69, 9.17) is 4.74 Å². The molecule has 0 aliphatic carbocycles. The molecule has 1 aromatic heterocycles. The molecule has 1 fully saturated rings. The first kappa shape index (κ1) is 34.4. The van der Waals surface area contributed by atoms with E-state index in [0.29, 0.717) is 45.4 Å². The quantitative estimate of drug-likeness (QED) is 0.223. The number of ether oxygens (including phenoxy) is 1. The number of aromatic hydroxyl groups is 1. The molecule has 1 aliphatic rings. The maximum Gasteiger partial charge on any atom is 0.318 e. The SMILES string of the molecule is CCOC(=O)C1CCN(C(=O)N[C@@H](Cc2ccc(O)cc2)C(=O)N[C@@H](CCc2ccccc2)CCS(=O)(=O)c2ccccn2)CC1. The number of pyridine rings is 1. The zero-order chi connectivity index (χ0) is 32.9. The monoisotopic (exact) mass is 650 g/mol. The second-order valence-electron chi connectivity index (χ2n) is 11.4. The second-order valence-corrected chi connectivity index (χ2v) is 13.4. The van der Waals surface area contributed by atoms with Gasteiger partial charge in [-0.05, 0) is 74.4 Å². The fourth-order valence-electron chi connectivity index (χ4n) is 5.40. The molecule has 0 spiro atoms. The highest BCUT2D eigenvalue weighted by molar-refractivity contribution is 7.91. The van der Waals surface area contributed by atoms with E-state index in [-0.39, 0.29) is 41.3 Å². The molecular formula is C34H42N4O7S. The molecule has 0 unspecified atom stereocenters. The highest BCUT2D eigenvalue weighted by atomic mass is 32.2. The molecule has 2 heterocycles. The number of phenolic OH excluding ortho intramolecular Hbond substituents is 1. The van der Waals surface area contributed by atoms with Crippen LogP contribution in [0, 0.1) is 5.92 Å². The summed E-state index contributed by atoms with van der Waals surface area (Å²) in [4.78, 5) is 44.9. The smallest absolute Gasteiger partial charge is 0.318 e. The molecule has 0 saturated carbocycles. The standard InChI is InChI=1S/C34H42N4O7S/c1-2-45-33(41)27-17-21-38(22-18-27)34(42)37-30(24-26-12-15-29(39)16-13-26)32(40)36-28(14-11-25-8-4-3-5-9-25)19-23-46(43,44)31-10-6-7-20-35-31/h3-10,12-13,15-16,20,27-28,30,39H,2,11,14,17-19,21-24H2,1H3,(H,36,40)(H,37,42)/t28-,30-/m0/s1.